The van der Waals surface area contributed by atoms with Gasteiger partial charge in [0.05, 0.1) is 24.4 Å². The minimum atomic E-state index is -0.00154. The summed E-state index contributed by atoms with van der Waals surface area (Å²) in [5.41, 5.74) is 0.393. The third kappa shape index (κ3) is 3.44. The van der Waals surface area contributed by atoms with Crippen molar-refractivity contribution in [2.45, 2.75) is 76.5 Å². The summed E-state index contributed by atoms with van der Waals surface area (Å²) in [6.45, 7) is 6.37. The van der Waals surface area contributed by atoms with Crippen molar-refractivity contribution in [2.24, 2.45) is 23.2 Å². The Bertz CT molecular complexity index is 742. The van der Waals surface area contributed by atoms with Gasteiger partial charge in [-0.05, 0) is 76.0 Å². The molecule has 0 aromatic carbocycles. The molecule has 3 heterocycles. The second-order valence-electron chi connectivity index (χ2n) is 10.5. The Labute approximate surface area is 174 Å². The summed E-state index contributed by atoms with van der Waals surface area (Å²) in [4.78, 5) is 15.2. The number of carbonyl (C=O) groups is 1. The molecule has 2 saturated carbocycles. The van der Waals surface area contributed by atoms with Gasteiger partial charge in [0.1, 0.15) is 11.9 Å². The highest BCUT2D eigenvalue weighted by atomic mass is 16.6. The molecule has 5 heteroatoms. The zero-order valence-electron chi connectivity index (χ0n) is 18.1. The number of aryl methyl sites for hydroxylation is 1. The van der Waals surface area contributed by atoms with E-state index in [0.29, 0.717) is 17.9 Å². The lowest BCUT2D eigenvalue weighted by atomic mass is 9.53. The molecule has 0 bridgehead atoms. The molecule has 1 spiro atoms. The Kier molecular flexibility index (Phi) is 4.82. The Morgan fingerprint density at radius 2 is 2.17 bits per heavy atom. The largest absolute Gasteiger partial charge is 0.469 e. The summed E-state index contributed by atoms with van der Waals surface area (Å²) in [7, 11) is 2.15. The van der Waals surface area contributed by atoms with Crippen molar-refractivity contribution in [3.8, 4) is 0 Å². The van der Waals surface area contributed by atoms with Gasteiger partial charge in [0.2, 0.25) is 0 Å². The van der Waals surface area contributed by atoms with Crippen molar-refractivity contribution in [3.63, 3.8) is 0 Å². The average molecular weight is 402 g/mol. The number of ether oxygens (including phenoxy) is 2. The van der Waals surface area contributed by atoms with E-state index in [1.54, 1.807) is 6.26 Å². The van der Waals surface area contributed by atoms with Gasteiger partial charge in [-0.2, -0.15) is 0 Å². The van der Waals surface area contributed by atoms with Crippen LogP contribution in [0.5, 0.6) is 0 Å². The monoisotopic (exact) mass is 401 g/mol. The van der Waals surface area contributed by atoms with Crippen molar-refractivity contribution in [1.29, 1.82) is 0 Å². The molecule has 2 aliphatic carbocycles. The second kappa shape index (κ2) is 7.12. The molecule has 5 rings (SSSR count). The van der Waals surface area contributed by atoms with Gasteiger partial charge in [-0.1, -0.05) is 6.92 Å². The predicted molar refractivity (Wildman–Crippen MR) is 109 cm³/mol. The second-order valence-corrected chi connectivity index (χ2v) is 10.5. The first-order valence-electron chi connectivity index (χ1n) is 11.5. The summed E-state index contributed by atoms with van der Waals surface area (Å²) >= 11 is 0. The van der Waals surface area contributed by atoms with Gasteiger partial charge in [0, 0.05) is 24.9 Å². The fourth-order valence-electron chi connectivity index (χ4n) is 6.68. The molecule has 4 fully saturated rings. The molecule has 4 aliphatic rings. The van der Waals surface area contributed by atoms with Crippen LogP contribution in [0.2, 0.25) is 0 Å². The molecule has 7 atom stereocenters. The van der Waals surface area contributed by atoms with E-state index < -0.39 is 0 Å². The Hall–Kier alpha value is -1.33. The van der Waals surface area contributed by atoms with Crippen LogP contribution in [-0.4, -0.2) is 48.8 Å². The van der Waals surface area contributed by atoms with Crippen molar-refractivity contribution in [3.05, 3.63) is 24.2 Å². The Morgan fingerprint density at radius 1 is 1.34 bits per heavy atom. The SMILES string of the molecule is C[C@@H](CCc1ccco1)N(C)C[C@H]1C(=O)O[C@@H]2C[C@@]3(C)CCC[C@@]4(CO4)[C@@H]3C[C@@H]21. The average Bonchev–Trinajstić information content (AvgIpc) is 3.13. The van der Waals surface area contributed by atoms with Gasteiger partial charge in [0.25, 0.3) is 0 Å². The summed E-state index contributed by atoms with van der Waals surface area (Å²) in [6.07, 6.45) is 9.60. The van der Waals surface area contributed by atoms with E-state index >= 15 is 0 Å². The number of carbonyl (C=O) groups excluding carboxylic acids is 1. The summed E-state index contributed by atoms with van der Waals surface area (Å²) in [5, 5.41) is 0. The van der Waals surface area contributed by atoms with E-state index in [9.17, 15) is 4.79 Å². The summed E-state index contributed by atoms with van der Waals surface area (Å²) in [5.74, 6) is 1.99. The van der Waals surface area contributed by atoms with Crippen LogP contribution in [0.3, 0.4) is 0 Å². The number of nitrogens with zero attached hydrogens (tertiary/aromatic N) is 1. The quantitative estimate of drug-likeness (QED) is 0.531. The van der Waals surface area contributed by atoms with Gasteiger partial charge < -0.3 is 18.8 Å². The van der Waals surface area contributed by atoms with Crippen molar-refractivity contribution in [1.82, 2.24) is 4.90 Å². The van der Waals surface area contributed by atoms with E-state index in [-0.39, 0.29) is 29.0 Å². The van der Waals surface area contributed by atoms with Gasteiger partial charge in [-0.25, -0.2) is 0 Å². The molecule has 1 aromatic heterocycles. The minimum absolute atomic E-state index is 0.00154. The van der Waals surface area contributed by atoms with E-state index in [0.717, 1.165) is 44.6 Å². The molecule has 0 radical (unpaired) electrons. The van der Waals surface area contributed by atoms with Gasteiger partial charge in [-0.3, -0.25) is 4.79 Å². The molecule has 0 N–H and O–H groups in total. The fourth-order valence-corrected chi connectivity index (χ4v) is 6.68. The summed E-state index contributed by atoms with van der Waals surface area (Å²) < 4.78 is 17.4. The van der Waals surface area contributed by atoms with E-state index in [1.807, 2.05) is 12.1 Å². The molecule has 1 aromatic rings. The Morgan fingerprint density at radius 3 is 2.90 bits per heavy atom. The molecular weight excluding hydrogens is 366 g/mol. The molecule has 0 amide bonds. The van der Waals surface area contributed by atoms with Crippen LogP contribution in [0.4, 0.5) is 0 Å². The molecule has 29 heavy (non-hydrogen) atoms. The fraction of sp³-hybridized carbons (Fsp3) is 0.792. The topological polar surface area (TPSA) is 55.2 Å². The highest BCUT2D eigenvalue weighted by molar-refractivity contribution is 5.75. The number of esters is 1. The maximum atomic E-state index is 12.8. The van der Waals surface area contributed by atoms with Gasteiger partial charge in [0.15, 0.2) is 0 Å². The molecular formula is C24H35NO4. The van der Waals surface area contributed by atoms with Crippen LogP contribution in [0, 0.1) is 23.2 Å². The van der Waals surface area contributed by atoms with Gasteiger partial charge >= 0.3 is 5.97 Å². The standard InChI is InChI=1S/C24H35NO4/c1-16(7-8-17-6-4-11-27-17)25(3)14-19-18-12-21-23(2,13-20(18)29-22(19)26)9-5-10-24(21)15-28-24/h4,6,11,16,18-21H,5,7-10,12-15H2,1-3H3/t16-,18+,19+,20+,21+,23+,24+/m0/s1. The van der Waals surface area contributed by atoms with E-state index in [1.165, 1.54) is 19.3 Å². The number of hydrogen-bond donors (Lipinski definition) is 0. The van der Waals surface area contributed by atoms with Crippen LogP contribution in [0.25, 0.3) is 0 Å². The number of hydrogen-bond acceptors (Lipinski definition) is 5. The maximum absolute atomic E-state index is 12.8. The number of epoxide rings is 1. The highest BCUT2D eigenvalue weighted by Gasteiger charge is 2.65. The number of furan rings is 1. The first kappa shape index (κ1) is 19.6. The molecule has 2 aliphatic heterocycles. The smallest absolute Gasteiger partial charge is 0.310 e. The maximum Gasteiger partial charge on any atom is 0.310 e. The van der Waals surface area contributed by atoms with Crippen LogP contribution in [-0.2, 0) is 20.7 Å². The zero-order chi connectivity index (χ0) is 20.2. The normalized spacial score (nSPS) is 41.9. The van der Waals surface area contributed by atoms with E-state index in [2.05, 4.69) is 25.8 Å². The molecule has 0 unspecified atom stereocenters. The van der Waals surface area contributed by atoms with Crippen LogP contribution < -0.4 is 0 Å². The first-order valence-corrected chi connectivity index (χ1v) is 11.5. The Balaban J connectivity index is 1.24. The lowest BCUT2D eigenvalue weighted by molar-refractivity contribution is -0.147. The minimum Gasteiger partial charge on any atom is -0.469 e. The molecule has 160 valence electrons. The highest BCUT2D eigenvalue weighted by Crippen LogP contribution is 2.62. The third-order valence-corrected chi connectivity index (χ3v) is 8.71. The zero-order valence-corrected chi connectivity index (χ0v) is 18.1. The lowest BCUT2D eigenvalue weighted by Crippen LogP contribution is -2.51. The van der Waals surface area contributed by atoms with Crippen molar-refractivity contribution >= 4 is 5.97 Å². The number of rotatable bonds is 6. The van der Waals surface area contributed by atoms with Gasteiger partial charge in [-0.15, -0.1) is 0 Å². The molecule has 5 nitrogen and oxygen atoms in total. The summed E-state index contributed by atoms with van der Waals surface area (Å²) in [6, 6.07) is 4.37. The molecule has 2 saturated heterocycles. The number of fused-ring (bicyclic) bond motifs is 3. The van der Waals surface area contributed by atoms with Crippen LogP contribution >= 0.6 is 0 Å². The van der Waals surface area contributed by atoms with Crippen molar-refractivity contribution < 1.29 is 18.7 Å². The predicted octanol–water partition coefficient (Wildman–Crippen LogP) is 4.06. The third-order valence-electron chi connectivity index (χ3n) is 8.71. The van der Waals surface area contributed by atoms with E-state index in [4.69, 9.17) is 13.9 Å². The van der Waals surface area contributed by atoms with Crippen molar-refractivity contribution in [2.75, 3.05) is 20.2 Å². The lowest BCUT2D eigenvalue weighted by Gasteiger charge is -2.51. The van der Waals surface area contributed by atoms with Crippen LogP contribution in [0.15, 0.2) is 22.8 Å². The van der Waals surface area contributed by atoms with Crippen LogP contribution in [0.1, 0.15) is 58.1 Å². The first-order chi connectivity index (χ1) is 13.9.